The first-order valence-corrected chi connectivity index (χ1v) is 10.9. The number of nitrogens with zero attached hydrogens (tertiary/aromatic N) is 3. The lowest BCUT2D eigenvalue weighted by molar-refractivity contribution is -0.158. The molecule has 0 aliphatic carbocycles. The summed E-state index contributed by atoms with van der Waals surface area (Å²) in [4.78, 5) is 43.1. The van der Waals surface area contributed by atoms with Gasteiger partial charge < -0.3 is 24.8 Å². The molecule has 0 radical (unpaired) electrons. The van der Waals surface area contributed by atoms with Crippen LogP contribution in [-0.2, 0) is 16.1 Å². The molecule has 0 atom stereocenters. The SMILES string of the molecule is COc1cccc(NC(=O)N2CCC(N3CCN(Cc4ccccc4)C(=O)C3=O)CC2)c1. The maximum Gasteiger partial charge on any atom is 0.321 e. The molecule has 2 aromatic rings. The van der Waals surface area contributed by atoms with Gasteiger partial charge in [0.05, 0.1) is 7.11 Å². The minimum absolute atomic E-state index is 0.0220. The number of nitrogens with one attached hydrogen (secondary N) is 1. The number of methoxy groups -OCH3 is 1. The van der Waals surface area contributed by atoms with Gasteiger partial charge in [0, 0.05) is 50.5 Å². The molecule has 0 bridgehead atoms. The van der Waals surface area contributed by atoms with Gasteiger partial charge in [-0.2, -0.15) is 0 Å². The summed E-state index contributed by atoms with van der Waals surface area (Å²) in [5.74, 6) is -0.208. The number of carbonyl (C=O) groups excluding carboxylic acids is 3. The van der Waals surface area contributed by atoms with Crippen LogP contribution in [0.4, 0.5) is 10.5 Å². The summed E-state index contributed by atoms with van der Waals surface area (Å²) >= 11 is 0. The van der Waals surface area contributed by atoms with Gasteiger partial charge in [-0.25, -0.2) is 4.79 Å². The molecule has 1 N–H and O–H groups in total. The second-order valence-corrected chi connectivity index (χ2v) is 8.09. The van der Waals surface area contributed by atoms with Crippen molar-refractivity contribution in [1.29, 1.82) is 0 Å². The summed E-state index contributed by atoms with van der Waals surface area (Å²) in [6, 6.07) is 16.7. The third-order valence-corrected chi connectivity index (χ3v) is 6.07. The standard InChI is InChI=1S/C24H28N4O4/c1-32-21-9-5-8-19(16-21)25-24(31)26-12-10-20(11-13-26)28-15-14-27(22(29)23(28)30)17-18-6-3-2-4-7-18/h2-9,16,20H,10-15,17H2,1H3,(H,25,31). The van der Waals surface area contributed by atoms with Crippen LogP contribution in [0.3, 0.4) is 0 Å². The highest BCUT2D eigenvalue weighted by Gasteiger charge is 2.37. The number of hydrogen-bond donors (Lipinski definition) is 1. The molecule has 32 heavy (non-hydrogen) atoms. The number of urea groups is 1. The fourth-order valence-electron chi connectivity index (χ4n) is 4.28. The first kappa shape index (κ1) is 21.7. The van der Waals surface area contributed by atoms with E-state index in [0.29, 0.717) is 57.0 Å². The number of piperidine rings is 1. The maximum absolute atomic E-state index is 12.8. The number of likely N-dealkylation sites (tertiary alicyclic amines) is 1. The highest BCUT2D eigenvalue weighted by Crippen LogP contribution is 2.22. The predicted octanol–water partition coefficient (Wildman–Crippen LogP) is 2.56. The zero-order valence-electron chi connectivity index (χ0n) is 18.2. The predicted molar refractivity (Wildman–Crippen MR) is 120 cm³/mol. The third kappa shape index (κ3) is 4.85. The summed E-state index contributed by atoms with van der Waals surface area (Å²) in [6.45, 7) is 2.56. The van der Waals surface area contributed by atoms with Gasteiger partial charge >= 0.3 is 17.8 Å². The molecule has 0 spiro atoms. The normalized spacial score (nSPS) is 17.5. The Morgan fingerprint density at radius 2 is 1.72 bits per heavy atom. The molecular weight excluding hydrogens is 408 g/mol. The van der Waals surface area contributed by atoms with Crippen molar-refractivity contribution in [1.82, 2.24) is 14.7 Å². The van der Waals surface area contributed by atoms with Crippen molar-refractivity contribution in [3.8, 4) is 5.75 Å². The number of ether oxygens (including phenoxy) is 1. The van der Waals surface area contributed by atoms with Crippen LogP contribution in [0, 0.1) is 0 Å². The second kappa shape index (κ2) is 9.72. The molecule has 2 heterocycles. The molecule has 2 fully saturated rings. The highest BCUT2D eigenvalue weighted by molar-refractivity contribution is 6.35. The molecule has 2 aromatic carbocycles. The molecule has 168 valence electrons. The number of amides is 4. The summed E-state index contributed by atoms with van der Waals surface area (Å²) in [5, 5.41) is 2.89. The second-order valence-electron chi connectivity index (χ2n) is 8.09. The summed E-state index contributed by atoms with van der Waals surface area (Å²) < 4.78 is 5.19. The van der Waals surface area contributed by atoms with E-state index >= 15 is 0 Å². The maximum atomic E-state index is 12.8. The Hall–Kier alpha value is -3.55. The van der Waals surface area contributed by atoms with Gasteiger partial charge in [-0.15, -0.1) is 0 Å². The van der Waals surface area contributed by atoms with E-state index in [0.717, 1.165) is 5.56 Å². The lowest BCUT2D eigenvalue weighted by Gasteiger charge is -2.42. The summed E-state index contributed by atoms with van der Waals surface area (Å²) in [6.07, 6.45) is 1.31. The first-order valence-electron chi connectivity index (χ1n) is 10.9. The van der Waals surface area contributed by atoms with Crippen molar-refractivity contribution in [3.05, 3.63) is 60.2 Å². The van der Waals surface area contributed by atoms with Crippen molar-refractivity contribution in [2.24, 2.45) is 0 Å². The number of piperazine rings is 1. The fraction of sp³-hybridized carbons (Fsp3) is 0.375. The van der Waals surface area contributed by atoms with Gasteiger partial charge in [0.2, 0.25) is 0 Å². The minimum Gasteiger partial charge on any atom is -0.497 e. The quantitative estimate of drug-likeness (QED) is 0.731. The Morgan fingerprint density at radius 3 is 2.44 bits per heavy atom. The van der Waals surface area contributed by atoms with Crippen molar-refractivity contribution < 1.29 is 19.1 Å². The lowest BCUT2D eigenvalue weighted by Crippen LogP contribution is -2.59. The Balaban J connectivity index is 1.29. The van der Waals surface area contributed by atoms with E-state index in [9.17, 15) is 14.4 Å². The van der Waals surface area contributed by atoms with Crippen LogP contribution < -0.4 is 10.1 Å². The van der Waals surface area contributed by atoms with Gasteiger partial charge in [-0.3, -0.25) is 9.59 Å². The van der Waals surface area contributed by atoms with Gasteiger partial charge in [-0.05, 0) is 30.5 Å². The van der Waals surface area contributed by atoms with Crippen molar-refractivity contribution in [3.63, 3.8) is 0 Å². The molecule has 4 amide bonds. The molecule has 2 aliphatic heterocycles. The van der Waals surface area contributed by atoms with Crippen LogP contribution in [-0.4, -0.2) is 71.9 Å². The van der Waals surface area contributed by atoms with Gasteiger partial charge in [0.15, 0.2) is 0 Å². The van der Waals surface area contributed by atoms with Gasteiger partial charge in [0.1, 0.15) is 5.75 Å². The van der Waals surface area contributed by atoms with E-state index in [-0.39, 0.29) is 12.1 Å². The monoisotopic (exact) mass is 436 g/mol. The fourth-order valence-corrected chi connectivity index (χ4v) is 4.28. The molecule has 4 rings (SSSR count). The molecule has 8 heteroatoms. The molecule has 2 saturated heterocycles. The minimum atomic E-state index is -0.446. The topological polar surface area (TPSA) is 82.2 Å². The van der Waals surface area contributed by atoms with Gasteiger partial charge in [-0.1, -0.05) is 36.4 Å². The van der Waals surface area contributed by atoms with E-state index in [2.05, 4.69) is 5.32 Å². The van der Waals surface area contributed by atoms with Crippen molar-refractivity contribution in [2.75, 3.05) is 38.6 Å². The van der Waals surface area contributed by atoms with E-state index in [1.54, 1.807) is 27.9 Å². The molecule has 0 aromatic heterocycles. The Morgan fingerprint density at radius 1 is 0.969 bits per heavy atom. The van der Waals surface area contributed by atoms with Gasteiger partial charge in [0.25, 0.3) is 0 Å². The van der Waals surface area contributed by atoms with Crippen LogP contribution in [0.15, 0.2) is 54.6 Å². The van der Waals surface area contributed by atoms with Crippen molar-refractivity contribution in [2.45, 2.75) is 25.4 Å². The third-order valence-electron chi connectivity index (χ3n) is 6.07. The smallest absolute Gasteiger partial charge is 0.321 e. The molecule has 2 aliphatic rings. The number of rotatable bonds is 5. The van der Waals surface area contributed by atoms with Crippen molar-refractivity contribution >= 4 is 23.5 Å². The average molecular weight is 437 g/mol. The molecule has 0 unspecified atom stereocenters. The van der Waals surface area contributed by atoms with Crippen LogP contribution in [0.2, 0.25) is 0 Å². The number of carbonyl (C=O) groups is 3. The highest BCUT2D eigenvalue weighted by atomic mass is 16.5. The van der Waals surface area contributed by atoms with E-state index in [1.165, 1.54) is 0 Å². The number of benzene rings is 2. The number of anilines is 1. The van der Waals surface area contributed by atoms with Crippen LogP contribution in [0.1, 0.15) is 18.4 Å². The van der Waals surface area contributed by atoms with Crippen LogP contribution in [0.5, 0.6) is 5.75 Å². The van der Waals surface area contributed by atoms with E-state index in [1.807, 2.05) is 48.5 Å². The Labute approximate surface area is 187 Å². The summed E-state index contributed by atoms with van der Waals surface area (Å²) in [7, 11) is 1.58. The number of hydrogen-bond acceptors (Lipinski definition) is 4. The van der Waals surface area contributed by atoms with Crippen LogP contribution in [0.25, 0.3) is 0 Å². The zero-order valence-corrected chi connectivity index (χ0v) is 18.2. The average Bonchev–Trinajstić information content (AvgIpc) is 2.83. The largest absolute Gasteiger partial charge is 0.497 e. The molecule has 0 saturated carbocycles. The Kier molecular flexibility index (Phi) is 6.58. The zero-order chi connectivity index (χ0) is 22.5. The Bertz CT molecular complexity index is 973. The lowest BCUT2D eigenvalue weighted by atomic mass is 10.0. The van der Waals surface area contributed by atoms with Crippen LogP contribution >= 0.6 is 0 Å². The molecular formula is C24H28N4O4. The van der Waals surface area contributed by atoms with E-state index in [4.69, 9.17) is 4.74 Å². The van der Waals surface area contributed by atoms with E-state index < -0.39 is 11.8 Å². The first-order chi connectivity index (χ1) is 15.5. The molecule has 8 nitrogen and oxygen atoms in total. The summed E-state index contributed by atoms with van der Waals surface area (Å²) in [5.41, 5.74) is 1.68.